The number of rotatable bonds is 6. The number of carbonyl (C=O) groups excluding carboxylic acids is 2. The highest BCUT2D eigenvalue weighted by Crippen LogP contribution is 2.24. The lowest BCUT2D eigenvalue weighted by molar-refractivity contribution is -0.122. The van der Waals surface area contributed by atoms with Crippen LogP contribution in [0.25, 0.3) is 10.6 Å². The number of hydrogen-bond acceptors (Lipinski definition) is 6. The Morgan fingerprint density at radius 3 is 2.69 bits per heavy atom. The highest BCUT2D eigenvalue weighted by molar-refractivity contribution is 7.13. The maximum absolute atomic E-state index is 12.1. The Kier molecular flexibility index (Phi) is 5.69. The predicted molar refractivity (Wildman–Crippen MR) is 97.2 cm³/mol. The number of amides is 2. The van der Waals surface area contributed by atoms with E-state index < -0.39 is 5.91 Å². The average molecular weight is 370 g/mol. The van der Waals surface area contributed by atoms with Crippen molar-refractivity contribution in [2.24, 2.45) is 0 Å². The van der Waals surface area contributed by atoms with E-state index in [0.29, 0.717) is 6.54 Å². The molecule has 2 aromatic heterocycles. The molecule has 9 heteroatoms. The summed E-state index contributed by atoms with van der Waals surface area (Å²) < 4.78 is 1.54. The van der Waals surface area contributed by atoms with Crippen molar-refractivity contribution in [3.8, 4) is 10.6 Å². The molecule has 8 nitrogen and oxygen atoms in total. The fourth-order valence-corrected chi connectivity index (χ4v) is 3.02. The molecule has 3 rings (SSSR count). The lowest BCUT2D eigenvalue weighted by atomic mass is 10.1. The van der Waals surface area contributed by atoms with E-state index in [-0.39, 0.29) is 18.0 Å². The Morgan fingerprint density at radius 1 is 1.19 bits per heavy atom. The van der Waals surface area contributed by atoms with Crippen LogP contribution in [0, 0.1) is 0 Å². The number of aryl methyl sites for hydroxylation is 2. The third-order valence-corrected chi connectivity index (χ3v) is 4.59. The van der Waals surface area contributed by atoms with Gasteiger partial charge in [0.1, 0.15) is 23.4 Å². The van der Waals surface area contributed by atoms with Gasteiger partial charge in [0.15, 0.2) is 0 Å². The average Bonchev–Trinajstić information content (AvgIpc) is 3.36. The lowest BCUT2D eigenvalue weighted by Crippen LogP contribution is -2.42. The number of nitrogens with zero attached hydrogens (tertiary/aromatic N) is 4. The van der Waals surface area contributed by atoms with E-state index >= 15 is 0 Å². The first-order chi connectivity index (χ1) is 12.7. The first-order valence-electron chi connectivity index (χ1n) is 8.12. The molecular weight excluding hydrogens is 352 g/mol. The zero-order chi connectivity index (χ0) is 18.4. The summed E-state index contributed by atoms with van der Waals surface area (Å²) in [6.07, 6.45) is 4.07. The van der Waals surface area contributed by atoms with E-state index in [1.807, 2.05) is 24.3 Å². The van der Waals surface area contributed by atoms with E-state index in [0.717, 1.165) is 17.0 Å². The molecule has 2 amide bonds. The molecule has 0 aliphatic heterocycles. The molecule has 134 valence electrons. The first-order valence-corrected chi connectivity index (χ1v) is 9.00. The van der Waals surface area contributed by atoms with Crippen molar-refractivity contribution in [1.29, 1.82) is 0 Å². The van der Waals surface area contributed by atoms with Gasteiger partial charge in [0.25, 0.3) is 5.91 Å². The molecule has 0 spiro atoms. The SMILES string of the molecule is CCc1ccc(-c2nc(C(=O)NNC(=O)CCn3cncn3)cs2)cc1. The van der Waals surface area contributed by atoms with Crippen LogP contribution in [0.2, 0.25) is 0 Å². The maximum atomic E-state index is 12.1. The highest BCUT2D eigenvalue weighted by atomic mass is 32.1. The summed E-state index contributed by atoms with van der Waals surface area (Å²) in [7, 11) is 0. The minimum Gasteiger partial charge on any atom is -0.273 e. The molecule has 0 aliphatic carbocycles. The van der Waals surface area contributed by atoms with Crippen LogP contribution < -0.4 is 10.9 Å². The minimum atomic E-state index is -0.452. The molecule has 1 aromatic carbocycles. The molecule has 0 radical (unpaired) electrons. The van der Waals surface area contributed by atoms with Gasteiger partial charge in [-0.2, -0.15) is 5.10 Å². The van der Waals surface area contributed by atoms with Crippen molar-refractivity contribution in [3.63, 3.8) is 0 Å². The second kappa shape index (κ2) is 8.34. The Labute approximate surface area is 154 Å². The molecule has 0 saturated heterocycles. The van der Waals surface area contributed by atoms with Gasteiger partial charge in [-0.25, -0.2) is 9.97 Å². The quantitative estimate of drug-likeness (QED) is 0.645. The van der Waals surface area contributed by atoms with Crippen molar-refractivity contribution in [3.05, 3.63) is 53.6 Å². The van der Waals surface area contributed by atoms with Crippen LogP contribution in [0.1, 0.15) is 29.4 Å². The monoisotopic (exact) mass is 370 g/mol. The molecule has 0 aliphatic rings. The van der Waals surface area contributed by atoms with Crippen LogP contribution in [0.5, 0.6) is 0 Å². The fraction of sp³-hybridized carbons (Fsp3) is 0.235. The third-order valence-electron chi connectivity index (χ3n) is 3.70. The van der Waals surface area contributed by atoms with Crippen LogP contribution in [0.15, 0.2) is 42.3 Å². The lowest BCUT2D eigenvalue weighted by Gasteiger charge is -2.05. The standard InChI is InChI=1S/C17H18N6O2S/c1-2-12-3-5-13(6-4-12)17-20-14(9-26-17)16(25)22-21-15(24)7-8-23-11-18-10-19-23/h3-6,9-11H,2,7-8H2,1H3,(H,21,24)(H,22,25). The minimum absolute atomic E-state index is 0.176. The van der Waals surface area contributed by atoms with Gasteiger partial charge in [0.05, 0.1) is 6.54 Å². The first kappa shape index (κ1) is 17.7. The predicted octanol–water partition coefficient (Wildman–Crippen LogP) is 1.82. The van der Waals surface area contributed by atoms with Gasteiger partial charge in [-0.15, -0.1) is 11.3 Å². The van der Waals surface area contributed by atoms with Gasteiger partial charge >= 0.3 is 0 Å². The summed E-state index contributed by atoms with van der Waals surface area (Å²) in [5.74, 6) is -0.772. The smallest absolute Gasteiger partial charge is 0.273 e. The number of carbonyl (C=O) groups is 2. The highest BCUT2D eigenvalue weighted by Gasteiger charge is 2.13. The largest absolute Gasteiger partial charge is 0.289 e. The molecule has 0 bridgehead atoms. The number of aromatic nitrogens is 4. The molecular formula is C17H18N6O2S. The molecule has 2 heterocycles. The Hall–Kier alpha value is -3.07. The number of hydrogen-bond donors (Lipinski definition) is 2. The van der Waals surface area contributed by atoms with Crippen molar-refractivity contribution >= 4 is 23.2 Å². The molecule has 2 N–H and O–H groups in total. The molecule has 0 saturated carbocycles. The Bertz CT molecular complexity index is 873. The molecule has 0 unspecified atom stereocenters. The van der Waals surface area contributed by atoms with Crippen molar-refractivity contribution < 1.29 is 9.59 Å². The van der Waals surface area contributed by atoms with Gasteiger partial charge in [-0.05, 0) is 12.0 Å². The maximum Gasteiger partial charge on any atom is 0.289 e. The second-order valence-corrected chi connectivity index (χ2v) is 6.36. The van der Waals surface area contributed by atoms with Crippen LogP contribution in [0.4, 0.5) is 0 Å². The van der Waals surface area contributed by atoms with Gasteiger partial charge < -0.3 is 0 Å². The zero-order valence-corrected chi connectivity index (χ0v) is 15.0. The van der Waals surface area contributed by atoms with Crippen molar-refractivity contribution in [2.75, 3.05) is 0 Å². The fourth-order valence-electron chi connectivity index (χ4n) is 2.21. The van der Waals surface area contributed by atoms with Crippen molar-refractivity contribution in [2.45, 2.75) is 26.3 Å². The number of benzene rings is 1. The van der Waals surface area contributed by atoms with E-state index in [2.05, 4.69) is 32.8 Å². The van der Waals surface area contributed by atoms with E-state index in [1.54, 1.807) is 5.38 Å². The van der Waals surface area contributed by atoms with Crippen LogP contribution in [0.3, 0.4) is 0 Å². The summed E-state index contributed by atoms with van der Waals surface area (Å²) in [4.78, 5) is 32.0. The van der Waals surface area contributed by atoms with Crippen LogP contribution in [-0.2, 0) is 17.8 Å². The molecule has 3 aromatic rings. The summed E-state index contributed by atoms with van der Waals surface area (Å²) in [6, 6.07) is 8.08. The van der Waals surface area contributed by atoms with Gasteiger partial charge in [-0.3, -0.25) is 25.1 Å². The third kappa shape index (κ3) is 4.51. The molecule has 0 atom stereocenters. The number of nitrogens with one attached hydrogen (secondary N) is 2. The van der Waals surface area contributed by atoms with Crippen LogP contribution >= 0.6 is 11.3 Å². The van der Waals surface area contributed by atoms with Crippen molar-refractivity contribution in [1.82, 2.24) is 30.6 Å². The Morgan fingerprint density at radius 2 is 2.00 bits per heavy atom. The van der Waals surface area contributed by atoms with Gasteiger partial charge in [0.2, 0.25) is 5.91 Å². The van der Waals surface area contributed by atoms with E-state index in [4.69, 9.17) is 0 Å². The zero-order valence-electron chi connectivity index (χ0n) is 14.2. The van der Waals surface area contributed by atoms with E-state index in [1.165, 1.54) is 34.2 Å². The van der Waals surface area contributed by atoms with E-state index in [9.17, 15) is 9.59 Å². The van der Waals surface area contributed by atoms with Gasteiger partial charge in [0, 0.05) is 17.4 Å². The summed E-state index contributed by atoms with van der Waals surface area (Å²) in [5, 5.41) is 6.33. The Balaban J connectivity index is 1.51. The normalized spacial score (nSPS) is 10.5. The topological polar surface area (TPSA) is 102 Å². The van der Waals surface area contributed by atoms with Crippen LogP contribution in [-0.4, -0.2) is 31.6 Å². The van der Waals surface area contributed by atoms with Gasteiger partial charge in [-0.1, -0.05) is 31.2 Å². The summed E-state index contributed by atoms with van der Waals surface area (Å²) in [6.45, 7) is 2.48. The molecule has 26 heavy (non-hydrogen) atoms. The number of hydrazine groups is 1. The second-order valence-electron chi connectivity index (χ2n) is 5.50. The summed E-state index contributed by atoms with van der Waals surface area (Å²) in [5.41, 5.74) is 7.22. The molecule has 0 fully saturated rings. The summed E-state index contributed by atoms with van der Waals surface area (Å²) >= 11 is 1.38. The number of thiazole rings is 1.